The maximum absolute atomic E-state index is 11.5. The monoisotopic (exact) mass is 277 g/mol. The Kier molecular flexibility index (Phi) is 4.49. The van der Waals surface area contributed by atoms with Crippen molar-refractivity contribution in [2.45, 2.75) is 18.9 Å². The fourth-order valence-corrected chi connectivity index (χ4v) is 2.68. The van der Waals surface area contributed by atoms with E-state index >= 15 is 0 Å². The van der Waals surface area contributed by atoms with Crippen LogP contribution >= 0.6 is 0 Å². The number of likely N-dealkylation sites (N-methyl/N-ethyl adjacent to an activating group) is 1. The number of methoxy groups -OCH3 is 1. The van der Waals surface area contributed by atoms with E-state index in [9.17, 15) is 4.79 Å². The second kappa shape index (κ2) is 6.13. The average Bonchev–Trinajstić information content (AvgIpc) is 2.46. The van der Waals surface area contributed by atoms with Crippen molar-refractivity contribution in [3.8, 4) is 0 Å². The lowest BCUT2D eigenvalue weighted by Crippen LogP contribution is -2.45. The van der Waals surface area contributed by atoms with Gasteiger partial charge >= 0.3 is 5.97 Å². The van der Waals surface area contributed by atoms with E-state index in [1.165, 1.54) is 13.5 Å². The second-order valence-electron chi connectivity index (χ2n) is 5.47. The van der Waals surface area contributed by atoms with Crippen molar-refractivity contribution in [1.29, 1.82) is 0 Å². The fraction of sp³-hybridized carbons (Fsp3) is 0.533. The van der Waals surface area contributed by atoms with E-state index < -0.39 is 0 Å². The predicted octanol–water partition coefficient (Wildman–Crippen LogP) is 1.59. The molecule has 2 N–H and O–H groups in total. The topological polar surface area (TPSA) is 58.8 Å². The van der Waals surface area contributed by atoms with E-state index in [1.807, 2.05) is 6.07 Å². The summed E-state index contributed by atoms with van der Waals surface area (Å²) in [4.78, 5) is 16.0. The van der Waals surface area contributed by atoms with E-state index in [4.69, 9.17) is 10.5 Å². The summed E-state index contributed by atoms with van der Waals surface area (Å²) >= 11 is 0. The third-order valence-corrected chi connectivity index (χ3v) is 3.92. The minimum absolute atomic E-state index is 0.354. The largest absolute Gasteiger partial charge is 0.465 e. The summed E-state index contributed by atoms with van der Waals surface area (Å²) in [6.45, 7) is 1.97. The molecular formula is C15H23N3O2. The van der Waals surface area contributed by atoms with Crippen LogP contribution in [0.15, 0.2) is 18.2 Å². The van der Waals surface area contributed by atoms with E-state index in [1.54, 1.807) is 12.1 Å². The molecule has 1 fully saturated rings. The molecule has 0 amide bonds. The van der Waals surface area contributed by atoms with Gasteiger partial charge in [-0.2, -0.15) is 0 Å². The highest BCUT2D eigenvalue weighted by Crippen LogP contribution is 2.28. The van der Waals surface area contributed by atoms with Crippen molar-refractivity contribution in [2.75, 3.05) is 44.9 Å². The van der Waals surface area contributed by atoms with Gasteiger partial charge < -0.3 is 20.3 Å². The Morgan fingerprint density at radius 1 is 1.45 bits per heavy atom. The van der Waals surface area contributed by atoms with Crippen LogP contribution in [0.5, 0.6) is 0 Å². The molecular weight excluding hydrogens is 254 g/mol. The third kappa shape index (κ3) is 3.04. The lowest BCUT2D eigenvalue weighted by atomic mass is 10.0. The van der Waals surface area contributed by atoms with Gasteiger partial charge in [-0.05, 0) is 45.1 Å². The zero-order valence-electron chi connectivity index (χ0n) is 12.4. The normalized spacial score (nSPS) is 19.2. The number of anilines is 2. The molecule has 5 heteroatoms. The van der Waals surface area contributed by atoms with E-state index in [0.29, 0.717) is 17.3 Å². The summed E-state index contributed by atoms with van der Waals surface area (Å²) < 4.78 is 4.71. The number of nitrogens with zero attached hydrogens (tertiary/aromatic N) is 2. The average molecular weight is 277 g/mol. The highest BCUT2D eigenvalue weighted by Gasteiger charge is 2.23. The number of nitrogens with two attached hydrogens (primary N) is 1. The summed E-state index contributed by atoms with van der Waals surface area (Å²) in [7, 11) is 5.59. The minimum atomic E-state index is -0.354. The Hall–Kier alpha value is -1.75. The van der Waals surface area contributed by atoms with Crippen LogP contribution in [0.3, 0.4) is 0 Å². The van der Waals surface area contributed by atoms with Crippen LogP contribution in [0, 0.1) is 0 Å². The van der Waals surface area contributed by atoms with Crippen LogP contribution in [0.4, 0.5) is 11.4 Å². The summed E-state index contributed by atoms with van der Waals surface area (Å²) in [6, 6.07) is 5.93. The van der Waals surface area contributed by atoms with Crippen molar-refractivity contribution in [3.05, 3.63) is 23.8 Å². The van der Waals surface area contributed by atoms with Crippen LogP contribution in [-0.2, 0) is 4.74 Å². The lowest BCUT2D eigenvalue weighted by Gasteiger charge is -2.38. The lowest BCUT2D eigenvalue weighted by molar-refractivity contribution is 0.0601. The number of hydrogen-bond donors (Lipinski definition) is 1. The zero-order valence-corrected chi connectivity index (χ0v) is 12.4. The maximum Gasteiger partial charge on any atom is 0.337 e. The van der Waals surface area contributed by atoms with Crippen molar-refractivity contribution >= 4 is 17.3 Å². The van der Waals surface area contributed by atoms with Gasteiger partial charge in [-0.15, -0.1) is 0 Å². The quantitative estimate of drug-likeness (QED) is 0.671. The van der Waals surface area contributed by atoms with E-state index in [-0.39, 0.29) is 5.97 Å². The zero-order chi connectivity index (χ0) is 14.7. The molecule has 1 unspecified atom stereocenters. The van der Waals surface area contributed by atoms with E-state index in [0.717, 1.165) is 25.2 Å². The first kappa shape index (κ1) is 14.7. The van der Waals surface area contributed by atoms with Crippen molar-refractivity contribution in [3.63, 3.8) is 0 Å². The molecule has 1 aliphatic heterocycles. The Labute approximate surface area is 120 Å². The molecule has 0 bridgehead atoms. The molecule has 1 aliphatic rings. The SMILES string of the molecule is COC(=O)c1ccc(N2CCCC(N(C)C)C2)c(N)c1. The molecule has 1 atom stereocenters. The first-order valence-electron chi connectivity index (χ1n) is 6.92. The number of esters is 1. The molecule has 2 rings (SSSR count). The van der Waals surface area contributed by atoms with Gasteiger partial charge in [0.05, 0.1) is 24.0 Å². The van der Waals surface area contributed by atoms with Crippen LogP contribution < -0.4 is 10.6 Å². The number of piperidine rings is 1. The van der Waals surface area contributed by atoms with Gasteiger partial charge in [-0.3, -0.25) is 0 Å². The van der Waals surface area contributed by atoms with Gasteiger partial charge in [0.25, 0.3) is 0 Å². The van der Waals surface area contributed by atoms with Gasteiger partial charge in [-0.25, -0.2) is 4.79 Å². The Morgan fingerprint density at radius 2 is 2.20 bits per heavy atom. The Morgan fingerprint density at radius 3 is 2.80 bits per heavy atom. The van der Waals surface area contributed by atoms with Crippen molar-refractivity contribution in [2.24, 2.45) is 0 Å². The number of benzene rings is 1. The molecule has 20 heavy (non-hydrogen) atoms. The van der Waals surface area contributed by atoms with Crippen LogP contribution in [0.25, 0.3) is 0 Å². The van der Waals surface area contributed by atoms with Crippen molar-refractivity contribution in [1.82, 2.24) is 4.90 Å². The second-order valence-corrected chi connectivity index (χ2v) is 5.47. The number of carbonyl (C=O) groups excluding carboxylic acids is 1. The highest BCUT2D eigenvalue weighted by atomic mass is 16.5. The van der Waals surface area contributed by atoms with Crippen LogP contribution in [0.2, 0.25) is 0 Å². The number of carbonyl (C=O) groups is 1. The highest BCUT2D eigenvalue weighted by molar-refractivity contribution is 5.92. The molecule has 1 heterocycles. The summed E-state index contributed by atoms with van der Waals surface area (Å²) in [5, 5.41) is 0. The van der Waals surface area contributed by atoms with Gasteiger partial charge in [0.1, 0.15) is 0 Å². The smallest absolute Gasteiger partial charge is 0.337 e. The van der Waals surface area contributed by atoms with E-state index in [2.05, 4.69) is 23.9 Å². The number of ether oxygens (including phenoxy) is 1. The summed E-state index contributed by atoms with van der Waals surface area (Å²) in [6.07, 6.45) is 2.37. The molecule has 0 aromatic heterocycles. The number of hydrogen-bond acceptors (Lipinski definition) is 5. The minimum Gasteiger partial charge on any atom is -0.465 e. The maximum atomic E-state index is 11.5. The molecule has 1 aromatic rings. The molecule has 1 saturated heterocycles. The van der Waals surface area contributed by atoms with Gasteiger partial charge in [-0.1, -0.05) is 0 Å². The Balaban J connectivity index is 2.18. The molecule has 1 aromatic carbocycles. The first-order chi connectivity index (χ1) is 9.52. The molecule has 110 valence electrons. The molecule has 5 nitrogen and oxygen atoms in total. The fourth-order valence-electron chi connectivity index (χ4n) is 2.68. The third-order valence-electron chi connectivity index (χ3n) is 3.92. The Bertz CT molecular complexity index is 488. The van der Waals surface area contributed by atoms with Crippen LogP contribution in [0.1, 0.15) is 23.2 Å². The molecule has 0 radical (unpaired) electrons. The predicted molar refractivity (Wildman–Crippen MR) is 81.1 cm³/mol. The summed E-state index contributed by atoms with van der Waals surface area (Å²) in [5.74, 6) is -0.354. The summed E-state index contributed by atoms with van der Waals surface area (Å²) in [5.41, 5.74) is 8.23. The standard InChI is InChI=1S/C15H23N3O2/c1-17(2)12-5-4-8-18(10-12)14-7-6-11(9-13(14)16)15(19)20-3/h6-7,9,12H,4-5,8,10,16H2,1-3H3. The first-order valence-corrected chi connectivity index (χ1v) is 6.92. The van der Waals surface area contributed by atoms with Gasteiger partial charge in [0.15, 0.2) is 0 Å². The number of rotatable bonds is 3. The van der Waals surface area contributed by atoms with Crippen LogP contribution in [-0.4, -0.2) is 51.2 Å². The molecule has 0 spiro atoms. The molecule has 0 aliphatic carbocycles. The molecule has 0 saturated carbocycles. The van der Waals surface area contributed by atoms with Gasteiger partial charge in [0.2, 0.25) is 0 Å². The van der Waals surface area contributed by atoms with Crippen molar-refractivity contribution < 1.29 is 9.53 Å². The number of nitrogen functional groups attached to an aromatic ring is 1. The van der Waals surface area contributed by atoms with Gasteiger partial charge in [0, 0.05) is 19.1 Å².